The van der Waals surface area contributed by atoms with Crippen LogP contribution in [-0.2, 0) is 9.53 Å². The number of hydrogen-bond donors (Lipinski definition) is 2. The Morgan fingerprint density at radius 2 is 1.76 bits per heavy atom. The molecule has 29 heavy (non-hydrogen) atoms. The van der Waals surface area contributed by atoms with Gasteiger partial charge in [-0.3, -0.25) is 9.59 Å². The first kappa shape index (κ1) is 23.6. The van der Waals surface area contributed by atoms with E-state index in [-0.39, 0.29) is 24.2 Å². The molecule has 2 N–H and O–H groups in total. The van der Waals surface area contributed by atoms with E-state index in [9.17, 15) is 9.59 Å². The zero-order chi connectivity index (χ0) is 20.0. The van der Waals surface area contributed by atoms with E-state index in [0.29, 0.717) is 18.2 Å². The summed E-state index contributed by atoms with van der Waals surface area (Å²) in [5, 5.41) is 6.32. The number of anilines is 1. The highest BCUT2D eigenvalue weighted by molar-refractivity contribution is 5.97. The molecule has 1 aromatic rings. The van der Waals surface area contributed by atoms with Crippen LogP contribution in [0.5, 0.6) is 0 Å². The zero-order valence-corrected chi connectivity index (χ0v) is 18.4. The lowest BCUT2D eigenvalue weighted by atomic mass is 9.78. The number of benzene rings is 1. The maximum absolute atomic E-state index is 12.9. The number of halogens is 1. The molecular weight excluding hydrogens is 390 g/mol. The lowest BCUT2D eigenvalue weighted by Gasteiger charge is -2.35. The molecule has 7 heteroatoms. The topological polar surface area (TPSA) is 70.7 Å². The molecule has 0 spiro atoms. The number of rotatable bonds is 6. The van der Waals surface area contributed by atoms with Gasteiger partial charge in [0.25, 0.3) is 5.91 Å². The Morgan fingerprint density at radius 3 is 2.34 bits per heavy atom. The van der Waals surface area contributed by atoms with E-state index in [1.165, 1.54) is 19.3 Å². The maximum Gasteiger partial charge on any atom is 0.253 e. The Morgan fingerprint density at radius 1 is 1.14 bits per heavy atom. The van der Waals surface area contributed by atoms with Gasteiger partial charge in [-0.15, -0.1) is 12.4 Å². The first-order chi connectivity index (χ1) is 13.6. The number of hydrogen-bond acceptors (Lipinski definition) is 4. The minimum Gasteiger partial charge on any atom is -0.384 e. The second-order valence-corrected chi connectivity index (χ2v) is 8.20. The van der Waals surface area contributed by atoms with Gasteiger partial charge in [0, 0.05) is 31.5 Å². The van der Waals surface area contributed by atoms with Crippen LogP contribution in [0.3, 0.4) is 0 Å². The fraction of sp³-hybridized carbons (Fsp3) is 0.636. The van der Waals surface area contributed by atoms with E-state index in [2.05, 4.69) is 10.6 Å². The van der Waals surface area contributed by atoms with Gasteiger partial charge in [-0.25, -0.2) is 0 Å². The van der Waals surface area contributed by atoms with E-state index in [1.807, 2.05) is 36.2 Å². The summed E-state index contributed by atoms with van der Waals surface area (Å²) in [4.78, 5) is 27.6. The SMILES string of the molecule is COCC1(C(=O)Nc2ccc(C(=O)N(C)C3CCCCC3)cc2)CCNCC1.Cl. The van der Waals surface area contributed by atoms with Gasteiger partial charge < -0.3 is 20.3 Å². The Balaban J connectivity index is 0.00000300. The third kappa shape index (κ3) is 5.71. The van der Waals surface area contributed by atoms with Crippen LogP contribution in [-0.4, -0.2) is 56.6 Å². The zero-order valence-electron chi connectivity index (χ0n) is 17.5. The standard InChI is InChI=1S/C22H33N3O3.ClH/c1-25(19-6-4-3-5-7-19)20(26)17-8-10-18(11-9-17)24-21(27)22(16-28-2)12-14-23-15-13-22;/h8-11,19,23H,3-7,12-16H2,1-2H3,(H,24,27);1H. The Hall–Kier alpha value is -1.63. The maximum atomic E-state index is 12.9. The first-order valence-corrected chi connectivity index (χ1v) is 10.4. The molecule has 3 rings (SSSR count). The number of nitrogens with zero attached hydrogens (tertiary/aromatic N) is 1. The van der Waals surface area contributed by atoms with Gasteiger partial charge in [-0.05, 0) is 63.0 Å². The first-order valence-electron chi connectivity index (χ1n) is 10.4. The number of methoxy groups -OCH3 is 1. The molecule has 2 aliphatic rings. The van der Waals surface area contributed by atoms with E-state index in [4.69, 9.17) is 4.74 Å². The Bertz CT molecular complexity index is 663. The molecule has 0 radical (unpaired) electrons. The summed E-state index contributed by atoms with van der Waals surface area (Å²) >= 11 is 0. The van der Waals surface area contributed by atoms with Gasteiger partial charge in [0.1, 0.15) is 0 Å². The van der Waals surface area contributed by atoms with E-state index in [1.54, 1.807) is 7.11 Å². The van der Waals surface area contributed by atoms with Crippen LogP contribution in [0.1, 0.15) is 55.3 Å². The number of piperidine rings is 1. The molecule has 1 saturated carbocycles. The number of ether oxygens (including phenoxy) is 1. The number of carbonyl (C=O) groups excluding carboxylic acids is 2. The molecule has 6 nitrogen and oxygen atoms in total. The van der Waals surface area contributed by atoms with Crippen molar-refractivity contribution >= 4 is 29.9 Å². The van der Waals surface area contributed by atoms with Crippen molar-refractivity contribution in [2.45, 2.75) is 51.0 Å². The van der Waals surface area contributed by atoms with Crippen LogP contribution in [0.15, 0.2) is 24.3 Å². The minimum absolute atomic E-state index is 0. The summed E-state index contributed by atoms with van der Waals surface area (Å²) in [6, 6.07) is 7.60. The van der Waals surface area contributed by atoms with Crippen molar-refractivity contribution in [1.82, 2.24) is 10.2 Å². The van der Waals surface area contributed by atoms with Crippen LogP contribution >= 0.6 is 12.4 Å². The highest BCUT2D eigenvalue weighted by atomic mass is 35.5. The smallest absolute Gasteiger partial charge is 0.253 e. The molecule has 0 atom stereocenters. The molecule has 162 valence electrons. The molecule has 1 saturated heterocycles. The predicted molar refractivity (Wildman–Crippen MR) is 118 cm³/mol. The summed E-state index contributed by atoms with van der Waals surface area (Å²) in [5.74, 6) is 0.0493. The molecule has 2 amide bonds. The normalized spacial score (nSPS) is 19.1. The largest absolute Gasteiger partial charge is 0.384 e. The molecule has 1 aliphatic heterocycles. The van der Waals surface area contributed by atoms with E-state index in [0.717, 1.165) is 44.5 Å². The fourth-order valence-electron chi connectivity index (χ4n) is 4.42. The van der Waals surface area contributed by atoms with Crippen LogP contribution in [0.25, 0.3) is 0 Å². The van der Waals surface area contributed by atoms with Crippen molar-refractivity contribution in [2.24, 2.45) is 5.41 Å². The van der Waals surface area contributed by atoms with Crippen LogP contribution in [0, 0.1) is 5.41 Å². The summed E-state index contributed by atoms with van der Waals surface area (Å²) in [5.41, 5.74) is 0.894. The number of nitrogens with one attached hydrogen (secondary N) is 2. The van der Waals surface area contributed by atoms with E-state index >= 15 is 0 Å². The highest BCUT2D eigenvalue weighted by Crippen LogP contribution is 2.31. The van der Waals surface area contributed by atoms with Crippen molar-refractivity contribution < 1.29 is 14.3 Å². The molecular formula is C22H34ClN3O3. The summed E-state index contributed by atoms with van der Waals surface area (Å²) < 4.78 is 5.34. The monoisotopic (exact) mass is 423 g/mol. The van der Waals surface area contributed by atoms with Crippen molar-refractivity contribution in [3.63, 3.8) is 0 Å². The Labute approximate surface area is 180 Å². The summed E-state index contributed by atoms with van der Waals surface area (Å²) in [6.07, 6.45) is 7.37. The van der Waals surface area contributed by atoms with Crippen molar-refractivity contribution in [3.05, 3.63) is 29.8 Å². The second-order valence-electron chi connectivity index (χ2n) is 8.20. The summed E-state index contributed by atoms with van der Waals surface area (Å²) in [7, 11) is 3.54. The van der Waals surface area contributed by atoms with Gasteiger partial charge in [0.2, 0.25) is 5.91 Å². The second kappa shape index (κ2) is 11.0. The van der Waals surface area contributed by atoms with Gasteiger partial charge in [0.05, 0.1) is 12.0 Å². The van der Waals surface area contributed by atoms with Crippen molar-refractivity contribution in [1.29, 1.82) is 0 Å². The highest BCUT2D eigenvalue weighted by Gasteiger charge is 2.39. The average Bonchev–Trinajstić information content (AvgIpc) is 2.74. The molecule has 2 fully saturated rings. The molecule has 0 bridgehead atoms. The molecule has 1 heterocycles. The third-order valence-corrected chi connectivity index (χ3v) is 6.30. The van der Waals surface area contributed by atoms with Crippen LogP contribution in [0.2, 0.25) is 0 Å². The van der Waals surface area contributed by atoms with Gasteiger partial charge >= 0.3 is 0 Å². The third-order valence-electron chi connectivity index (χ3n) is 6.30. The van der Waals surface area contributed by atoms with Crippen LogP contribution in [0.4, 0.5) is 5.69 Å². The molecule has 0 aromatic heterocycles. The van der Waals surface area contributed by atoms with Gasteiger partial charge in [-0.2, -0.15) is 0 Å². The fourth-order valence-corrected chi connectivity index (χ4v) is 4.42. The van der Waals surface area contributed by atoms with Crippen molar-refractivity contribution in [3.8, 4) is 0 Å². The van der Waals surface area contributed by atoms with Crippen molar-refractivity contribution in [2.75, 3.05) is 39.2 Å². The predicted octanol–water partition coefficient (Wildman–Crippen LogP) is 3.47. The summed E-state index contributed by atoms with van der Waals surface area (Å²) in [6.45, 7) is 2.05. The van der Waals surface area contributed by atoms with Gasteiger partial charge in [-0.1, -0.05) is 19.3 Å². The van der Waals surface area contributed by atoms with Crippen LogP contribution < -0.4 is 10.6 Å². The average molecular weight is 424 g/mol. The van der Waals surface area contributed by atoms with Gasteiger partial charge in [0.15, 0.2) is 0 Å². The number of amides is 2. The minimum atomic E-state index is -0.490. The quantitative estimate of drug-likeness (QED) is 0.735. The molecule has 1 aliphatic carbocycles. The Kier molecular flexibility index (Phi) is 8.93. The lowest BCUT2D eigenvalue weighted by molar-refractivity contribution is -0.130. The molecule has 1 aromatic carbocycles. The number of carbonyl (C=O) groups is 2. The van der Waals surface area contributed by atoms with E-state index < -0.39 is 5.41 Å². The molecule has 0 unspecified atom stereocenters. The lowest BCUT2D eigenvalue weighted by Crippen LogP contribution is -2.47.